The fraction of sp³-hybridized carbons (Fsp3) is 0.250. The molecule has 0 spiro atoms. The Morgan fingerprint density at radius 2 is 1.69 bits per heavy atom. The van der Waals surface area contributed by atoms with Crippen LogP contribution in [0.5, 0.6) is 5.75 Å². The summed E-state index contributed by atoms with van der Waals surface area (Å²) in [5.74, 6) is -0.258. The van der Waals surface area contributed by atoms with Crippen molar-refractivity contribution in [1.29, 1.82) is 0 Å². The Morgan fingerprint density at radius 1 is 1.03 bits per heavy atom. The van der Waals surface area contributed by atoms with Gasteiger partial charge >= 0.3 is 5.97 Å². The van der Waals surface area contributed by atoms with Crippen molar-refractivity contribution in [3.05, 3.63) is 78.4 Å². The second-order valence-electron chi connectivity index (χ2n) is 7.49. The van der Waals surface area contributed by atoms with E-state index in [1.54, 1.807) is 24.3 Å². The number of hydrogen-bond acceptors (Lipinski definition) is 4. The molecule has 152 valence electrons. The van der Waals surface area contributed by atoms with E-state index in [0.717, 1.165) is 11.3 Å². The normalized spacial score (nSPS) is 11.1. The number of amides is 1. The minimum atomic E-state index is -0.588. The van der Waals surface area contributed by atoms with E-state index in [0.29, 0.717) is 12.3 Å². The van der Waals surface area contributed by atoms with Gasteiger partial charge in [-0.2, -0.15) is 0 Å². The van der Waals surface area contributed by atoms with Gasteiger partial charge in [0.1, 0.15) is 12.4 Å². The van der Waals surface area contributed by atoms with Crippen LogP contribution in [-0.4, -0.2) is 25.1 Å². The Kier molecular flexibility index (Phi) is 7.78. The summed E-state index contributed by atoms with van der Waals surface area (Å²) in [5, 5.41) is 2.71. The Morgan fingerprint density at radius 3 is 2.28 bits per heavy atom. The van der Waals surface area contributed by atoms with Crippen LogP contribution in [0.1, 0.15) is 31.9 Å². The Labute approximate surface area is 172 Å². The third-order valence-electron chi connectivity index (χ3n) is 4.04. The third kappa shape index (κ3) is 7.66. The molecule has 5 heteroatoms. The van der Waals surface area contributed by atoms with Gasteiger partial charge < -0.3 is 14.8 Å². The topological polar surface area (TPSA) is 64.6 Å². The van der Waals surface area contributed by atoms with E-state index >= 15 is 0 Å². The number of ether oxygens (including phenoxy) is 2. The molecule has 0 fully saturated rings. The molecule has 0 aliphatic carbocycles. The van der Waals surface area contributed by atoms with Gasteiger partial charge in [0.15, 0.2) is 6.61 Å². The molecule has 2 aromatic rings. The Bertz CT molecular complexity index is 859. The molecule has 0 aromatic heterocycles. The highest BCUT2D eigenvalue weighted by atomic mass is 16.5. The number of benzene rings is 2. The molecule has 0 radical (unpaired) electrons. The maximum Gasteiger partial charge on any atom is 0.331 e. The summed E-state index contributed by atoms with van der Waals surface area (Å²) in [6, 6.07) is 14.8. The Balaban J connectivity index is 1.78. The first-order valence-corrected chi connectivity index (χ1v) is 9.37. The van der Waals surface area contributed by atoms with Gasteiger partial charge in [-0.15, -0.1) is 0 Å². The smallest absolute Gasteiger partial charge is 0.331 e. The highest BCUT2D eigenvalue weighted by molar-refractivity contribution is 5.94. The maximum atomic E-state index is 12.0. The zero-order valence-corrected chi connectivity index (χ0v) is 17.1. The van der Waals surface area contributed by atoms with Crippen molar-refractivity contribution >= 4 is 23.6 Å². The van der Waals surface area contributed by atoms with Gasteiger partial charge in [-0.3, -0.25) is 4.79 Å². The quantitative estimate of drug-likeness (QED) is 0.400. The molecule has 0 saturated carbocycles. The minimum Gasteiger partial charge on any atom is -0.490 e. The average Bonchev–Trinajstić information content (AvgIpc) is 2.69. The predicted octanol–water partition coefficient (Wildman–Crippen LogP) is 4.74. The number of carbonyl (C=O) groups excluding carboxylic acids is 2. The molecule has 2 rings (SSSR count). The molecule has 29 heavy (non-hydrogen) atoms. The second-order valence-corrected chi connectivity index (χ2v) is 7.49. The number of anilines is 1. The van der Waals surface area contributed by atoms with E-state index in [1.807, 2.05) is 36.4 Å². The fourth-order valence-corrected chi connectivity index (χ4v) is 2.43. The highest BCUT2D eigenvalue weighted by Gasteiger charge is 2.13. The minimum absolute atomic E-state index is 0.0450. The van der Waals surface area contributed by atoms with Crippen molar-refractivity contribution < 1.29 is 19.1 Å². The average molecular weight is 393 g/mol. The molecular formula is C24H27NO4. The van der Waals surface area contributed by atoms with Crippen molar-refractivity contribution in [1.82, 2.24) is 0 Å². The lowest BCUT2D eigenvalue weighted by atomic mass is 9.87. The van der Waals surface area contributed by atoms with Crippen LogP contribution in [0.2, 0.25) is 0 Å². The van der Waals surface area contributed by atoms with Crippen LogP contribution in [0.4, 0.5) is 5.69 Å². The largest absolute Gasteiger partial charge is 0.490 e. The van der Waals surface area contributed by atoms with E-state index in [1.165, 1.54) is 11.6 Å². The summed E-state index contributed by atoms with van der Waals surface area (Å²) in [6.07, 6.45) is 4.56. The summed E-state index contributed by atoms with van der Waals surface area (Å²) in [6.45, 7) is 10.0. The number of esters is 1. The first kappa shape index (κ1) is 22.0. The van der Waals surface area contributed by atoms with Crippen molar-refractivity contribution in [2.75, 3.05) is 18.5 Å². The molecule has 0 aliphatic heterocycles. The summed E-state index contributed by atoms with van der Waals surface area (Å²) in [7, 11) is 0. The molecular weight excluding hydrogens is 366 g/mol. The molecule has 0 bridgehead atoms. The maximum absolute atomic E-state index is 12.0. The zero-order chi connectivity index (χ0) is 21.3. The van der Waals surface area contributed by atoms with Crippen LogP contribution in [0, 0.1) is 0 Å². The van der Waals surface area contributed by atoms with Crippen LogP contribution in [0.15, 0.2) is 67.3 Å². The van der Waals surface area contributed by atoms with Crippen LogP contribution in [0.25, 0.3) is 6.08 Å². The molecule has 0 saturated heterocycles. The zero-order valence-electron chi connectivity index (χ0n) is 17.1. The van der Waals surface area contributed by atoms with Crippen molar-refractivity contribution in [2.45, 2.75) is 26.2 Å². The van der Waals surface area contributed by atoms with E-state index < -0.39 is 5.97 Å². The summed E-state index contributed by atoms with van der Waals surface area (Å²) < 4.78 is 10.4. The van der Waals surface area contributed by atoms with Crippen LogP contribution >= 0.6 is 0 Å². The number of hydrogen-bond donors (Lipinski definition) is 1. The van der Waals surface area contributed by atoms with Crippen LogP contribution in [-0.2, 0) is 19.7 Å². The molecule has 1 amide bonds. The molecule has 0 unspecified atom stereocenters. The SMILES string of the molecule is C=CCOc1ccc(/C=C/C(=O)OCC(=O)Nc2ccc(C(C)(C)C)cc2)cc1. The van der Waals surface area contributed by atoms with E-state index in [-0.39, 0.29) is 17.9 Å². The van der Waals surface area contributed by atoms with Crippen LogP contribution < -0.4 is 10.1 Å². The standard InChI is InChI=1S/C24H27NO4/c1-5-16-28-21-13-6-18(7-14-21)8-15-23(27)29-17-22(26)25-20-11-9-19(10-12-20)24(2,3)4/h5-15H,1,16-17H2,2-4H3,(H,25,26)/b15-8+. The van der Waals surface area contributed by atoms with Crippen molar-refractivity contribution in [2.24, 2.45) is 0 Å². The number of carbonyl (C=O) groups is 2. The van der Waals surface area contributed by atoms with Gasteiger partial charge in [-0.25, -0.2) is 4.79 Å². The van der Waals surface area contributed by atoms with E-state index in [2.05, 4.69) is 32.7 Å². The third-order valence-corrected chi connectivity index (χ3v) is 4.04. The lowest BCUT2D eigenvalue weighted by molar-refractivity contribution is -0.142. The van der Waals surface area contributed by atoms with Gasteiger partial charge in [0.25, 0.3) is 5.91 Å². The molecule has 1 N–H and O–H groups in total. The van der Waals surface area contributed by atoms with Gasteiger partial charge in [-0.05, 0) is 46.9 Å². The molecule has 5 nitrogen and oxygen atoms in total. The summed E-state index contributed by atoms with van der Waals surface area (Å²) >= 11 is 0. The summed E-state index contributed by atoms with van der Waals surface area (Å²) in [4.78, 5) is 23.8. The highest BCUT2D eigenvalue weighted by Crippen LogP contribution is 2.23. The number of rotatable bonds is 8. The van der Waals surface area contributed by atoms with Gasteiger partial charge in [0.05, 0.1) is 0 Å². The fourth-order valence-electron chi connectivity index (χ4n) is 2.43. The molecule has 0 aliphatic rings. The van der Waals surface area contributed by atoms with Crippen molar-refractivity contribution in [3.8, 4) is 5.75 Å². The van der Waals surface area contributed by atoms with Crippen molar-refractivity contribution in [3.63, 3.8) is 0 Å². The molecule has 0 heterocycles. The van der Waals surface area contributed by atoms with Gasteiger partial charge in [0.2, 0.25) is 0 Å². The molecule has 0 atom stereocenters. The monoisotopic (exact) mass is 393 g/mol. The van der Waals surface area contributed by atoms with Gasteiger partial charge in [0, 0.05) is 11.8 Å². The first-order valence-electron chi connectivity index (χ1n) is 9.37. The lowest BCUT2D eigenvalue weighted by Gasteiger charge is -2.19. The van der Waals surface area contributed by atoms with E-state index in [9.17, 15) is 9.59 Å². The lowest BCUT2D eigenvalue weighted by Crippen LogP contribution is -2.20. The van der Waals surface area contributed by atoms with E-state index in [4.69, 9.17) is 9.47 Å². The first-order chi connectivity index (χ1) is 13.8. The predicted molar refractivity (Wildman–Crippen MR) is 116 cm³/mol. The van der Waals surface area contributed by atoms with Gasteiger partial charge in [-0.1, -0.05) is 57.7 Å². The van der Waals surface area contributed by atoms with Crippen LogP contribution in [0.3, 0.4) is 0 Å². The number of nitrogens with one attached hydrogen (secondary N) is 1. The molecule has 2 aromatic carbocycles. The summed E-state index contributed by atoms with van der Waals surface area (Å²) in [5.41, 5.74) is 2.69. The second kappa shape index (κ2) is 10.3. The Hall–Kier alpha value is -3.34.